The molecule has 96 valence electrons. The van der Waals surface area contributed by atoms with Gasteiger partial charge in [0.1, 0.15) is 5.75 Å². The van der Waals surface area contributed by atoms with E-state index < -0.39 is 10.0 Å². The summed E-state index contributed by atoms with van der Waals surface area (Å²) in [6, 6.07) is 6.42. The molecule has 5 heteroatoms. The van der Waals surface area contributed by atoms with Crippen LogP contribution in [0.3, 0.4) is 0 Å². The topological polar surface area (TPSA) is 55.4 Å². The normalized spacial score (nSPS) is 11.8. The van der Waals surface area contributed by atoms with Gasteiger partial charge in [-0.3, -0.25) is 0 Å². The molecule has 0 unspecified atom stereocenters. The van der Waals surface area contributed by atoms with E-state index in [1.54, 1.807) is 24.3 Å². The fourth-order valence-electron chi connectivity index (χ4n) is 1.24. The van der Waals surface area contributed by atoms with E-state index in [1.807, 2.05) is 20.8 Å². The van der Waals surface area contributed by atoms with Crippen molar-refractivity contribution in [1.29, 1.82) is 0 Å². The lowest BCUT2D eigenvalue weighted by molar-refractivity contribution is 0.340. The zero-order valence-corrected chi connectivity index (χ0v) is 11.3. The minimum Gasteiger partial charge on any atom is -0.494 e. The molecular formula is C12H19NO3S. The van der Waals surface area contributed by atoms with Crippen molar-refractivity contribution >= 4 is 10.0 Å². The second-order valence-electron chi connectivity index (χ2n) is 4.15. The molecule has 4 nitrogen and oxygen atoms in total. The summed E-state index contributed by atoms with van der Waals surface area (Å²) >= 11 is 0. The SMILES string of the molecule is CCOc1ccc(S(=O)(=O)NCC(C)C)cc1. The first-order chi connectivity index (χ1) is 7.95. The minimum atomic E-state index is -3.39. The molecule has 0 aliphatic rings. The number of nitrogens with one attached hydrogen (secondary N) is 1. The molecule has 1 aromatic rings. The summed E-state index contributed by atoms with van der Waals surface area (Å²) in [5, 5.41) is 0. The van der Waals surface area contributed by atoms with Crippen molar-refractivity contribution in [1.82, 2.24) is 4.72 Å². The number of hydrogen-bond donors (Lipinski definition) is 1. The van der Waals surface area contributed by atoms with Gasteiger partial charge in [-0.15, -0.1) is 0 Å². The molecule has 0 amide bonds. The van der Waals surface area contributed by atoms with E-state index in [9.17, 15) is 8.42 Å². The van der Waals surface area contributed by atoms with Gasteiger partial charge in [-0.1, -0.05) is 13.8 Å². The number of ether oxygens (including phenoxy) is 1. The summed E-state index contributed by atoms with van der Waals surface area (Å²) in [6.45, 7) is 6.81. The molecule has 0 fully saturated rings. The van der Waals surface area contributed by atoms with Gasteiger partial charge >= 0.3 is 0 Å². The average molecular weight is 257 g/mol. The lowest BCUT2D eigenvalue weighted by atomic mass is 10.2. The standard InChI is InChI=1S/C12H19NO3S/c1-4-16-11-5-7-12(8-6-11)17(14,15)13-9-10(2)3/h5-8,10,13H,4,9H2,1-3H3. The molecule has 0 spiro atoms. The number of rotatable bonds is 6. The van der Waals surface area contributed by atoms with Gasteiger partial charge in [0.15, 0.2) is 0 Å². The lowest BCUT2D eigenvalue weighted by Crippen LogP contribution is -2.27. The van der Waals surface area contributed by atoms with Gasteiger partial charge in [0.25, 0.3) is 0 Å². The molecule has 0 aliphatic heterocycles. The van der Waals surface area contributed by atoms with Gasteiger partial charge in [0.2, 0.25) is 10.0 Å². The van der Waals surface area contributed by atoms with Crippen molar-refractivity contribution < 1.29 is 13.2 Å². The zero-order valence-electron chi connectivity index (χ0n) is 10.4. The molecule has 0 saturated carbocycles. The Morgan fingerprint density at radius 2 is 1.82 bits per heavy atom. The van der Waals surface area contributed by atoms with Crippen LogP contribution in [0.4, 0.5) is 0 Å². The van der Waals surface area contributed by atoms with Crippen LogP contribution in [-0.4, -0.2) is 21.6 Å². The molecule has 0 bridgehead atoms. The summed E-state index contributed by atoms with van der Waals surface area (Å²) in [6.07, 6.45) is 0. The fraction of sp³-hybridized carbons (Fsp3) is 0.500. The number of sulfonamides is 1. The Labute approximate surface area is 103 Å². The van der Waals surface area contributed by atoms with Gasteiger partial charge in [0.05, 0.1) is 11.5 Å². The average Bonchev–Trinajstić information content (AvgIpc) is 2.28. The number of hydrogen-bond acceptors (Lipinski definition) is 3. The largest absolute Gasteiger partial charge is 0.494 e. The third kappa shape index (κ3) is 4.36. The molecule has 17 heavy (non-hydrogen) atoms. The first-order valence-electron chi connectivity index (χ1n) is 5.68. The van der Waals surface area contributed by atoms with E-state index in [0.29, 0.717) is 18.9 Å². The van der Waals surface area contributed by atoms with Crippen LogP contribution in [0.5, 0.6) is 5.75 Å². The summed E-state index contributed by atoms with van der Waals surface area (Å²) in [4.78, 5) is 0.265. The van der Waals surface area contributed by atoms with Crippen molar-refractivity contribution in [2.75, 3.05) is 13.2 Å². The first kappa shape index (κ1) is 14.0. The molecular weight excluding hydrogens is 238 g/mol. The predicted octanol–water partition coefficient (Wildman–Crippen LogP) is 2.02. The molecule has 1 rings (SSSR count). The van der Waals surface area contributed by atoms with Crippen LogP contribution in [0.25, 0.3) is 0 Å². The molecule has 0 aliphatic carbocycles. The van der Waals surface area contributed by atoms with Crippen molar-refractivity contribution in [3.8, 4) is 5.75 Å². The summed E-state index contributed by atoms with van der Waals surface area (Å²) in [5.41, 5.74) is 0. The van der Waals surface area contributed by atoms with Crippen molar-refractivity contribution in [2.24, 2.45) is 5.92 Å². The molecule has 1 N–H and O–H groups in total. The maximum Gasteiger partial charge on any atom is 0.240 e. The molecule has 0 radical (unpaired) electrons. The molecule has 0 atom stereocenters. The van der Waals surface area contributed by atoms with Crippen LogP contribution < -0.4 is 9.46 Å². The summed E-state index contributed by atoms with van der Waals surface area (Å²) < 4.78 is 31.5. The van der Waals surface area contributed by atoms with Crippen molar-refractivity contribution in [2.45, 2.75) is 25.7 Å². The van der Waals surface area contributed by atoms with Gasteiger partial charge in [-0.05, 0) is 37.1 Å². The predicted molar refractivity (Wildman–Crippen MR) is 67.6 cm³/mol. The van der Waals surface area contributed by atoms with Crippen LogP contribution in [0.15, 0.2) is 29.2 Å². The van der Waals surface area contributed by atoms with Gasteiger partial charge < -0.3 is 4.74 Å². The second-order valence-corrected chi connectivity index (χ2v) is 5.92. The minimum absolute atomic E-state index is 0.265. The van der Waals surface area contributed by atoms with E-state index in [-0.39, 0.29) is 10.8 Å². The van der Waals surface area contributed by atoms with Crippen molar-refractivity contribution in [3.05, 3.63) is 24.3 Å². The second kappa shape index (κ2) is 6.02. The van der Waals surface area contributed by atoms with E-state index in [2.05, 4.69) is 4.72 Å². The van der Waals surface area contributed by atoms with Gasteiger partial charge in [-0.25, -0.2) is 13.1 Å². The molecule has 0 heterocycles. The third-order valence-electron chi connectivity index (χ3n) is 2.13. The Kier molecular flexibility index (Phi) is 4.96. The summed E-state index contributed by atoms with van der Waals surface area (Å²) in [5.74, 6) is 0.961. The Bertz CT molecular complexity index is 437. The van der Waals surface area contributed by atoms with E-state index in [0.717, 1.165) is 0 Å². The van der Waals surface area contributed by atoms with Gasteiger partial charge in [0, 0.05) is 6.54 Å². The maximum absolute atomic E-state index is 11.9. The Morgan fingerprint density at radius 1 is 1.24 bits per heavy atom. The Balaban J connectivity index is 2.77. The summed E-state index contributed by atoms with van der Waals surface area (Å²) in [7, 11) is -3.39. The molecule has 0 aromatic heterocycles. The van der Waals surface area contributed by atoms with E-state index in [1.165, 1.54) is 0 Å². The molecule has 0 saturated heterocycles. The van der Waals surface area contributed by atoms with Crippen LogP contribution in [0, 0.1) is 5.92 Å². The lowest BCUT2D eigenvalue weighted by Gasteiger charge is -2.09. The maximum atomic E-state index is 11.9. The van der Waals surface area contributed by atoms with Crippen LogP contribution in [0.1, 0.15) is 20.8 Å². The highest BCUT2D eigenvalue weighted by Gasteiger charge is 2.13. The monoisotopic (exact) mass is 257 g/mol. The van der Waals surface area contributed by atoms with Crippen LogP contribution >= 0.6 is 0 Å². The quantitative estimate of drug-likeness (QED) is 0.848. The van der Waals surface area contributed by atoms with Crippen LogP contribution in [0.2, 0.25) is 0 Å². The first-order valence-corrected chi connectivity index (χ1v) is 7.16. The zero-order chi connectivity index (χ0) is 12.9. The van der Waals surface area contributed by atoms with Gasteiger partial charge in [-0.2, -0.15) is 0 Å². The highest BCUT2D eigenvalue weighted by Crippen LogP contribution is 2.15. The van der Waals surface area contributed by atoms with Crippen LogP contribution in [-0.2, 0) is 10.0 Å². The van der Waals surface area contributed by atoms with E-state index >= 15 is 0 Å². The smallest absolute Gasteiger partial charge is 0.240 e. The third-order valence-corrected chi connectivity index (χ3v) is 3.57. The van der Waals surface area contributed by atoms with E-state index in [4.69, 9.17) is 4.74 Å². The molecule has 1 aromatic carbocycles. The van der Waals surface area contributed by atoms with Crippen molar-refractivity contribution in [3.63, 3.8) is 0 Å². The Morgan fingerprint density at radius 3 is 2.29 bits per heavy atom. The Hall–Kier alpha value is -1.07. The highest BCUT2D eigenvalue weighted by molar-refractivity contribution is 7.89. The number of benzene rings is 1. The fourth-order valence-corrected chi connectivity index (χ4v) is 2.46. The highest BCUT2D eigenvalue weighted by atomic mass is 32.2.